The number of carbonyl (C=O) groups excluding carboxylic acids is 2. The molecule has 168 valence electrons. The lowest BCUT2D eigenvalue weighted by Gasteiger charge is -2.27. The van der Waals surface area contributed by atoms with E-state index in [2.05, 4.69) is 43.8 Å². The van der Waals surface area contributed by atoms with Crippen molar-refractivity contribution in [3.05, 3.63) is 58.3 Å². The summed E-state index contributed by atoms with van der Waals surface area (Å²) in [5.41, 5.74) is 3.09. The van der Waals surface area contributed by atoms with Crippen LogP contribution in [0.3, 0.4) is 0 Å². The second-order valence-electron chi connectivity index (χ2n) is 9.56. The molecule has 1 heterocycles. The highest BCUT2D eigenvalue weighted by Gasteiger charge is 2.68. The maximum absolute atomic E-state index is 13.3. The van der Waals surface area contributed by atoms with Gasteiger partial charge in [0.2, 0.25) is 11.8 Å². The van der Waals surface area contributed by atoms with Crippen LogP contribution in [0.1, 0.15) is 30.7 Å². The van der Waals surface area contributed by atoms with E-state index in [4.69, 9.17) is 0 Å². The van der Waals surface area contributed by atoms with Crippen molar-refractivity contribution in [1.82, 2.24) is 15.1 Å². The molecule has 2 amide bonds. The van der Waals surface area contributed by atoms with Gasteiger partial charge in [-0.15, -0.1) is 0 Å². The summed E-state index contributed by atoms with van der Waals surface area (Å²) in [6.45, 7) is 5.07. The van der Waals surface area contributed by atoms with Crippen LogP contribution in [0.25, 0.3) is 0 Å². The third-order valence-corrected chi connectivity index (χ3v) is 8.12. The van der Waals surface area contributed by atoms with Crippen molar-refractivity contribution in [2.24, 2.45) is 29.1 Å². The van der Waals surface area contributed by atoms with Crippen molar-refractivity contribution in [3.63, 3.8) is 0 Å². The van der Waals surface area contributed by atoms with Crippen LogP contribution in [0.2, 0.25) is 0 Å². The minimum Gasteiger partial charge on any atom is -0.356 e. The standard InChI is InChI=1S/C25H29BrN4O2/c1-15-13-16(2)30(29-15)12-9-22(31)27-14-19-20-7-8-21(25(20)10-11-25)23(19)24(32)28-18-5-3-17(26)4-6-18/h3-8,13,19-21,23H,9-12,14H2,1-2H3,(H,27,31)(H,28,32). The lowest BCUT2D eigenvalue weighted by Crippen LogP contribution is -2.39. The maximum Gasteiger partial charge on any atom is 0.228 e. The van der Waals surface area contributed by atoms with Gasteiger partial charge in [-0.3, -0.25) is 14.3 Å². The minimum atomic E-state index is -0.104. The molecule has 7 heteroatoms. The van der Waals surface area contributed by atoms with E-state index in [1.165, 1.54) is 12.8 Å². The molecule has 0 saturated heterocycles. The Morgan fingerprint density at radius 3 is 2.53 bits per heavy atom. The van der Waals surface area contributed by atoms with Gasteiger partial charge in [0.05, 0.1) is 11.6 Å². The van der Waals surface area contributed by atoms with Gasteiger partial charge in [0.15, 0.2) is 0 Å². The Morgan fingerprint density at radius 2 is 1.88 bits per heavy atom. The van der Waals surface area contributed by atoms with Gasteiger partial charge < -0.3 is 10.6 Å². The normalized spacial score (nSPS) is 26.5. The molecule has 2 aromatic rings. The van der Waals surface area contributed by atoms with Crippen molar-refractivity contribution in [3.8, 4) is 0 Å². The highest BCUT2D eigenvalue weighted by Crippen LogP contribution is 2.71. The molecule has 6 nitrogen and oxygen atoms in total. The molecule has 2 fully saturated rings. The first kappa shape index (κ1) is 21.4. The fraction of sp³-hybridized carbons (Fsp3) is 0.480. The van der Waals surface area contributed by atoms with E-state index in [0.717, 1.165) is 21.5 Å². The Labute approximate surface area is 197 Å². The van der Waals surface area contributed by atoms with Crippen LogP contribution in [-0.4, -0.2) is 28.1 Å². The number of benzene rings is 1. The predicted octanol–water partition coefficient (Wildman–Crippen LogP) is 4.24. The molecule has 0 radical (unpaired) electrons. The Morgan fingerprint density at radius 1 is 1.16 bits per heavy atom. The Bertz CT molecular complexity index is 1070. The molecule has 2 N–H and O–H groups in total. The van der Waals surface area contributed by atoms with Crippen LogP contribution in [0.4, 0.5) is 5.69 Å². The average Bonchev–Trinajstić information content (AvgIpc) is 3.32. The molecule has 1 aromatic heterocycles. The number of hydrogen-bond donors (Lipinski definition) is 2. The number of anilines is 1. The smallest absolute Gasteiger partial charge is 0.228 e. The Balaban J connectivity index is 1.24. The quantitative estimate of drug-likeness (QED) is 0.562. The summed E-state index contributed by atoms with van der Waals surface area (Å²) in [5.74, 6) is 0.774. The molecule has 1 aromatic carbocycles. The van der Waals surface area contributed by atoms with Crippen molar-refractivity contribution in [2.75, 3.05) is 11.9 Å². The third-order valence-electron chi connectivity index (χ3n) is 7.59. The van der Waals surface area contributed by atoms with E-state index in [0.29, 0.717) is 25.4 Å². The van der Waals surface area contributed by atoms with E-state index < -0.39 is 0 Å². The fourth-order valence-electron chi connectivity index (χ4n) is 5.99. The number of aromatic nitrogens is 2. The molecule has 2 saturated carbocycles. The summed E-state index contributed by atoms with van der Waals surface area (Å²) in [4.78, 5) is 25.9. The van der Waals surface area contributed by atoms with Gasteiger partial charge >= 0.3 is 0 Å². The second kappa shape index (κ2) is 8.18. The van der Waals surface area contributed by atoms with Gasteiger partial charge in [-0.05, 0) is 80.2 Å². The van der Waals surface area contributed by atoms with Gasteiger partial charge in [0.25, 0.3) is 0 Å². The zero-order valence-electron chi connectivity index (χ0n) is 18.5. The highest BCUT2D eigenvalue weighted by atomic mass is 79.9. The first-order valence-electron chi connectivity index (χ1n) is 11.4. The van der Waals surface area contributed by atoms with Gasteiger partial charge in [-0.25, -0.2) is 0 Å². The molecule has 32 heavy (non-hydrogen) atoms. The molecule has 3 aliphatic rings. The van der Waals surface area contributed by atoms with Crippen LogP contribution in [0, 0.1) is 42.9 Å². The number of allylic oxidation sites excluding steroid dienone is 2. The van der Waals surface area contributed by atoms with E-state index in [1.54, 1.807) is 0 Å². The molecular weight excluding hydrogens is 468 g/mol. The van der Waals surface area contributed by atoms with Crippen LogP contribution in [-0.2, 0) is 16.1 Å². The van der Waals surface area contributed by atoms with Crippen molar-refractivity contribution in [1.29, 1.82) is 0 Å². The molecule has 3 aliphatic carbocycles. The number of carbonyl (C=O) groups is 2. The molecule has 4 unspecified atom stereocenters. The topological polar surface area (TPSA) is 76.0 Å². The number of hydrogen-bond acceptors (Lipinski definition) is 3. The molecular formula is C25H29BrN4O2. The van der Waals surface area contributed by atoms with E-state index >= 15 is 0 Å². The van der Waals surface area contributed by atoms with Crippen LogP contribution < -0.4 is 10.6 Å². The molecule has 1 spiro atoms. The summed E-state index contributed by atoms with van der Waals surface area (Å²) in [6.07, 6.45) is 7.30. The first-order chi connectivity index (χ1) is 15.4. The van der Waals surface area contributed by atoms with Crippen LogP contribution >= 0.6 is 15.9 Å². The van der Waals surface area contributed by atoms with Crippen molar-refractivity contribution < 1.29 is 9.59 Å². The van der Waals surface area contributed by atoms with Gasteiger partial charge in [0.1, 0.15) is 0 Å². The number of aryl methyl sites for hydroxylation is 3. The van der Waals surface area contributed by atoms with E-state index in [-0.39, 0.29) is 35.0 Å². The molecule has 0 aliphatic heterocycles. The lowest BCUT2D eigenvalue weighted by atomic mass is 9.82. The summed E-state index contributed by atoms with van der Waals surface area (Å²) in [7, 11) is 0. The summed E-state index contributed by atoms with van der Waals surface area (Å²) < 4.78 is 2.86. The van der Waals surface area contributed by atoms with Crippen molar-refractivity contribution >= 4 is 33.4 Å². The first-order valence-corrected chi connectivity index (χ1v) is 12.2. The SMILES string of the molecule is Cc1cc(C)n(CCC(=O)NCC2C(C(=O)Nc3ccc(Br)cc3)C3C=CC2C32CC2)n1. The third kappa shape index (κ3) is 3.81. The van der Waals surface area contributed by atoms with Crippen molar-refractivity contribution in [2.45, 2.75) is 39.7 Å². The van der Waals surface area contributed by atoms with Gasteiger partial charge in [-0.2, -0.15) is 5.10 Å². The molecule has 4 atom stereocenters. The van der Waals surface area contributed by atoms with E-state index in [1.807, 2.05) is 48.9 Å². The average molecular weight is 497 g/mol. The zero-order chi connectivity index (χ0) is 22.5. The number of amides is 2. The highest BCUT2D eigenvalue weighted by molar-refractivity contribution is 9.10. The number of nitrogens with one attached hydrogen (secondary N) is 2. The number of halogens is 1. The zero-order valence-corrected chi connectivity index (χ0v) is 20.1. The van der Waals surface area contributed by atoms with E-state index in [9.17, 15) is 9.59 Å². The minimum absolute atomic E-state index is 0.0150. The summed E-state index contributed by atoms with van der Waals surface area (Å²) in [6, 6.07) is 9.70. The molecule has 2 bridgehead atoms. The summed E-state index contributed by atoms with van der Waals surface area (Å²) >= 11 is 3.44. The number of rotatable bonds is 7. The maximum atomic E-state index is 13.3. The lowest BCUT2D eigenvalue weighted by molar-refractivity contribution is -0.124. The second-order valence-corrected chi connectivity index (χ2v) is 10.5. The number of nitrogens with zero attached hydrogens (tertiary/aromatic N) is 2. The Hall–Kier alpha value is -2.41. The monoisotopic (exact) mass is 496 g/mol. The van der Waals surface area contributed by atoms with Gasteiger partial charge in [0, 0.05) is 35.4 Å². The Kier molecular flexibility index (Phi) is 5.48. The fourth-order valence-corrected chi connectivity index (χ4v) is 6.26. The van der Waals surface area contributed by atoms with Gasteiger partial charge in [-0.1, -0.05) is 28.1 Å². The molecule has 5 rings (SSSR count). The van der Waals surface area contributed by atoms with Crippen LogP contribution in [0.5, 0.6) is 0 Å². The predicted molar refractivity (Wildman–Crippen MR) is 127 cm³/mol. The van der Waals surface area contributed by atoms with Crippen LogP contribution in [0.15, 0.2) is 47.0 Å². The largest absolute Gasteiger partial charge is 0.356 e. The summed E-state index contributed by atoms with van der Waals surface area (Å²) in [5, 5.41) is 10.7.